The van der Waals surface area contributed by atoms with Crippen molar-refractivity contribution in [1.29, 1.82) is 0 Å². The highest BCUT2D eigenvalue weighted by molar-refractivity contribution is 6.09. The third kappa shape index (κ3) is 4.73. The number of nitrogens with one attached hydrogen (secondary N) is 2. The summed E-state index contributed by atoms with van der Waals surface area (Å²) in [6.45, 7) is 3.40. The zero-order valence-corrected chi connectivity index (χ0v) is 16.8. The molecule has 0 aliphatic heterocycles. The fourth-order valence-corrected chi connectivity index (χ4v) is 2.55. The Kier molecular flexibility index (Phi) is 6.87. The normalized spacial score (nSPS) is 10.8. The second kappa shape index (κ2) is 9.12. The predicted molar refractivity (Wildman–Crippen MR) is 107 cm³/mol. The molecule has 0 saturated heterocycles. The Morgan fingerprint density at radius 1 is 0.857 bits per heavy atom. The van der Waals surface area contributed by atoms with Crippen molar-refractivity contribution in [2.24, 2.45) is 5.41 Å². The summed E-state index contributed by atoms with van der Waals surface area (Å²) >= 11 is 0. The van der Waals surface area contributed by atoms with Gasteiger partial charge in [-0.3, -0.25) is 9.59 Å². The van der Waals surface area contributed by atoms with Crippen LogP contribution in [-0.2, 0) is 16.1 Å². The molecule has 0 fully saturated rings. The molecular weight excluding hydrogens is 360 g/mol. The number of rotatable bonds is 8. The van der Waals surface area contributed by atoms with Crippen molar-refractivity contribution in [2.75, 3.05) is 26.6 Å². The van der Waals surface area contributed by atoms with Crippen LogP contribution in [0.5, 0.6) is 17.2 Å². The van der Waals surface area contributed by atoms with E-state index in [0.717, 1.165) is 5.56 Å². The van der Waals surface area contributed by atoms with Crippen molar-refractivity contribution in [3.63, 3.8) is 0 Å². The van der Waals surface area contributed by atoms with Gasteiger partial charge < -0.3 is 24.8 Å². The first-order chi connectivity index (χ1) is 13.3. The molecule has 2 N–H and O–H groups in total. The van der Waals surface area contributed by atoms with Gasteiger partial charge in [0.25, 0.3) is 0 Å². The van der Waals surface area contributed by atoms with Crippen LogP contribution < -0.4 is 24.8 Å². The van der Waals surface area contributed by atoms with Crippen LogP contribution >= 0.6 is 0 Å². The van der Waals surface area contributed by atoms with Crippen LogP contribution in [0.3, 0.4) is 0 Å². The molecule has 2 aromatic carbocycles. The fourth-order valence-electron chi connectivity index (χ4n) is 2.55. The van der Waals surface area contributed by atoms with E-state index in [1.807, 2.05) is 24.3 Å². The molecule has 0 saturated carbocycles. The third-order valence-electron chi connectivity index (χ3n) is 4.41. The molecule has 0 aromatic heterocycles. The highest BCUT2D eigenvalue weighted by Gasteiger charge is 2.36. The Balaban J connectivity index is 2.06. The molecule has 2 amide bonds. The number of methoxy groups -OCH3 is 3. The monoisotopic (exact) mass is 386 g/mol. The Bertz CT molecular complexity index is 848. The molecule has 0 unspecified atom stereocenters. The van der Waals surface area contributed by atoms with Crippen LogP contribution in [0.4, 0.5) is 5.69 Å². The zero-order valence-electron chi connectivity index (χ0n) is 16.8. The van der Waals surface area contributed by atoms with Gasteiger partial charge >= 0.3 is 0 Å². The highest BCUT2D eigenvalue weighted by atomic mass is 16.5. The van der Waals surface area contributed by atoms with E-state index in [9.17, 15) is 9.59 Å². The van der Waals surface area contributed by atoms with Crippen LogP contribution in [0.2, 0.25) is 0 Å². The minimum atomic E-state index is -1.28. The van der Waals surface area contributed by atoms with Crippen LogP contribution in [0.25, 0.3) is 0 Å². The first kappa shape index (κ1) is 21.1. The summed E-state index contributed by atoms with van der Waals surface area (Å²) in [6.07, 6.45) is 0. The summed E-state index contributed by atoms with van der Waals surface area (Å²) in [5, 5.41) is 5.55. The lowest BCUT2D eigenvalue weighted by Crippen LogP contribution is -2.44. The van der Waals surface area contributed by atoms with Gasteiger partial charge in [0, 0.05) is 23.9 Å². The maximum atomic E-state index is 12.7. The number of para-hydroxylation sites is 1. The number of benzene rings is 2. The van der Waals surface area contributed by atoms with Crippen molar-refractivity contribution in [3.8, 4) is 17.2 Å². The van der Waals surface area contributed by atoms with Crippen LogP contribution in [0, 0.1) is 5.41 Å². The first-order valence-corrected chi connectivity index (χ1v) is 8.77. The number of carbonyl (C=O) groups is 2. The number of ether oxygens (including phenoxy) is 3. The first-order valence-electron chi connectivity index (χ1n) is 8.77. The van der Waals surface area contributed by atoms with Crippen LogP contribution in [0.1, 0.15) is 19.4 Å². The summed E-state index contributed by atoms with van der Waals surface area (Å²) in [7, 11) is 4.62. The van der Waals surface area contributed by atoms with E-state index in [1.165, 1.54) is 14.2 Å². The second-order valence-electron chi connectivity index (χ2n) is 6.64. The fraction of sp³-hybridized carbons (Fsp3) is 0.333. The topological polar surface area (TPSA) is 85.9 Å². The summed E-state index contributed by atoms with van der Waals surface area (Å²) in [5.74, 6) is 0.886. The molecule has 0 aliphatic rings. The Morgan fingerprint density at radius 2 is 1.50 bits per heavy atom. The molecule has 2 rings (SSSR count). The van der Waals surface area contributed by atoms with Gasteiger partial charge in [-0.25, -0.2) is 0 Å². The van der Waals surface area contributed by atoms with Crippen LogP contribution in [0.15, 0.2) is 42.5 Å². The van der Waals surface area contributed by atoms with Crippen molar-refractivity contribution >= 4 is 17.5 Å². The van der Waals surface area contributed by atoms with Gasteiger partial charge in [-0.1, -0.05) is 18.2 Å². The average Bonchev–Trinajstić information content (AvgIpc) is 2.71. The SMILES string of the molecule is COc1ccccc1CNC(=O)C(C)(C)C(=O)Nc1ccc(OC)c(OC)c1. The maximum Gasteiger partial charge on any atom is 0.239 e. The molecule has 0 heterocycles. The molecule has 28 heavy (non-hydrogen) atoms. The van der Waals surface area contributed by atoms with E-state index in [1.54, 1.807) is 39.2 Å². The zero-order chi connectivity index (χ0) is 20.7. The minimum absolute atomic E-state index is 0.260. The molecule has 0 spiro atoms. The van der Waals surface area contributed by atoms with Gasteiger partial charge in [0.05, 0.1) is 21.3 Å². The largest absolute Gasteiger partial charge is 0.496 e. The average molecular weight is 386 g/mol. The van der Waals surface area contributed by atoms with E-state index in [4.69, 9.17) is 14.2 Å². The van der Waals surface area contributed by atoms with E-state index < -0.39 is 17.2 Å². The lowest BCUT2D eigenvalue weighted by atomic mass is 9.90. The molecule has 150 valence electrons. The van der Waals surface area contributed by atoms with Gasteiger partial charge in [-0.15, -0.1) is 0 Å². The van der Waals surface area contributed by atoms with Gasteiger partial charge in [-0.2, -0.15) is 0 Å². The van der Waals surface area contributed by atoms with E-state index >= 15 is 0 Å². The van der Waals surface area contributed by atoms with Crippen molar-refractivity contribution in [1.82, 2.24) is 5.32 Å². The number of amides is 2. The number of hydrogen-bond acceptors (Lipinski definition) is 5. The van der Waals surface area contributed by atoms with Crippen molar-refractivity contribution in [2.45, 2.75) is 20.4 Å². The molecule has 7 nitrogen and oxygen atoms in total. The lowest BCUT2D eigenvalue weighted by Gasteiger charge is -2.23. The Hall–Kier alpha value is -3.22. The quantitative estimate of drug-likeness (QED) is 0.681. The minimum Gasteiger partial charge on any atom is -0.496 e. The predicted octanol–water partition coefficient (Wildman–Crippen LogP) is 2.99. The summed E-state index contributed by atoms with van der Waals surface area (Å²) < 4.78 is 15.7. The Morgan fingerprint density at radius 3 is 2.14 bits per heavy atom. The molecule has 0 radical (unpaired) electrons. The maximum absolute atomic E-state index is 12.7. The lowest BCUT2D eigenvalue weighted by molar-refractivity contribution is -0.138. The summed E-state index contributed by atoms with van der Waals surface area (Å²) in [4.78, 5) is 25.3. The molecule has 0 atom stereocenters. The van der Waals surface area contributed by atoms with E-state index in [2.05, 4.69) is 10.6 Å². The highest BCUT2D eigenvalue weighted by Crippen LogP contribution is 2.30. The molecule has 7 heteroatoms. The molecule has 2 aromatic rings. The smallest absolute Gasteiger partial charge is 0.239 e. The number of hydrogen-bond donors (Lipinski definition) is 2. The molecular formula is C21H26N2O5. The van der Waals surface area contributed by atoms with Crippen LogP contribution in [-0.4, -0.2) is 33.1 Å². The van der Waals surface area contributed by atoms with Gasteiger partial charge in [0.15, 0.2) is 11.5 Å². The second-order valence-corrected chi connectivity index (χ2v) is 6.64. The van der Waals surface area contributed by atoms with E-state index in [-0.39, 0.29) is 6.54 Å². The summed E-state index contributed by atoms with van der Waals surface area (Å²) in [5.41, 5.74) is 0.0533. The van der Waals surface area contributed by atoms with E-state index in [0.29, 0.717) is 22.9 Å². The van der Waals surface area contributed by atoms with Crippen molar-refractivity contribution < 1.29 is 23.8 Å². The third-order valence-corrected chi connectivity index (χ3v) is 4.41. The molecule has 0 bridgehead atoms. The van der Waals surface area contributed by atoms with Crippen molar-refractivity contribution in [3.05, 3.63) is 48.0 Å². The molecule has 0 aliphatic carbocycles. The Labute approximate surface area is 165 Å². The standard InChI is InChI=1S/C21H26N2O5/c1-21(2,19(24)22-13-14-8-6-7-9-16(14)26-3)20(25)23-15-10-11-17(27-4)18(12-15)28-5/h6-12H,13H2,1-5H3,(H,22,24)(H,23,25). The summed E-state index contributed by atoms with van der Waals surface area (Å²) in [6, 6.07) is 12.4. The van der Waals surface area contributed by atoms with Gasteiger partial charge in [0.1, 0.15) is 11.2 Å². The van der Waals surface area contributed by atoms with Gasteiger partial charge in [-0.05, 0) is 32.0 Å². The number of carbonyl (C=O) groups excluding carboxylic acids is 2. The number of anilines is 1. The van der Waals surface area contributed by atoms with Gasteiger partial charge in [0.2, 0.25) is 11.8 Å².